The van der Waals surface area contributed by atoms with Crippen molar-refractivity contribution in [1.82, 2.24) is 0 Å². The maximum Gasteiger partial charge on any atom is 0.333 e. The molecule has 2 saturated carbocycles. The first kappa shape index (κ1) is 22.1. The maximum atomic E-state index is 11.7. The number of hydrogen-bond donors (Lipinski definition) is 0. The molecule has 2 unspecified atom stereocenters. The number of esters is 1. The summed E-state index contributed by atoms with van der Waals surface area (Å²) in [5, 5.41) is 0.265. The largest absolute Gasteiger partial charge is 0.459 e. The Morgan fingerprint density at radius 1 is 1.29 bits per heavy atom. The first-order valence-corrected chi connectivity index (χ1v) is 14.3. The van der Waals surface area contributed by atoms with Crippen molar-refractivity contribution in [3.63, 3.8) is 0 Å². The second-order valence-electron chi connectivity index (χ2n) is 11.7. The third kappa shape index (κ3) is 4.01. The fourth-order valence-electron chi connectivity index (χ4n) is 6.14. The summed E-state index contributed by atoms with van der Waals surface area (Å²) in [6, 6.07) is 0. The van der Waals surface area contributed by atoms with Crippen LogP contribution in [0.4, 0.5) is 0 Å². The predicted molar refractivity (Wildman–Crippen MR) is 118 cm³/mol. The van der Waals surface area contributed by atoms with Crippen LogP contribution in [0.2, 0.25) is 18.1 Å². The minimum absolute atomic E-state index is 0.0421. The van der Waals surface area contributed by atoms with Gasteiger partial charge in [0.25, 0.3) is 0 Å². The Morgan fingerprint density at radius 2 is 1.96 bits per heavy atom. The second-order valence-corrected chi connectivity index (χ2v) is 16.4. The molecule has 6 atom stereocenters. The average molecular weight is 407 g/mol. The molecule has 3 aliphatic rings. The SMILES string of the molecule is C=C1C[C@@H](C[C@@H](C)[C@H]2CCC3C(O[Si](C)(C)C(C)(C)C)CCC[C@]32C)OC1=O. The lowest BCUT2D eigenvalue weighted by atomic mass is 9.61. The Kier molecular flexibility index (Phi) is 5.97. The lowest BCUT2D eigenvalue weighted by molar-refractivity contribution is -0.139. The van der Waals surface area contributed by atoms with Crippen LogP contribution < -0.4 is 0 Å². The Hall–Kier alpha value is -0.613. The molecule has 0 radical (unpaired) electrons. The van der Waals surface area contributed by atoms with Gasteiger partial charge in [-0.25, -0.2) is 4.79 Å². The van der Waals surface area contributed by atoms with Crippen molar-refractivity contribution in [3.05, 3.63) is 12.2 Å². The fraction of sp³-hybridized carbons (Fsp3) is 0.875. The monoisotopic (exact) mass is 406 g/mol. The standard InChI is InChI=1S/C24H42O3Si/c1-16(14-18-15-17(2)22(25)26-18)19-11-12-20-21(10-9-13-24(19,20)6)27-28(7,8)23(3,4)5/h16,18-21H,2,9-15H2,1,3-8H3/t16-,18-,19-,20?,21?,24+/m1/s1. The van der Waals surface area contributed by atoms with Gasteiger partial charge in [0.1, 0.15) is 6.10 Å². The molecule has 2 aliphatic carbocycles. The first-order valence-electron chi connectivity index (χ1n) is 11.4. The number of carbonyl (C=O) groups excluding carboxylic acids is 1. The van der Waals surface area contributed by atoms with E-state index in [-0.39, 0.29) is 17.1 Å². The van der Waals surface area contributed by atoms with Gasteiger partial charge in [-0.05, 0) is 73.4 Å². The van der Waals surface area contributed by atoms with Crippen molar-refractivity contribution in [2.75, 3.05) is 0 Å². The van der Waals surface area contributed by atoms with Crippen LogP contribution in [0, 0.1) is 23.2 Å². The summed E-state index contributed by atoms with van der Waals surface area (Å²) in [4.78, 5) is 11.7. The predicted octanol–water partition coefficient (Wildman–Crippen LogP) is 6.49. The summed E-state index contributed by atoms with van der Waals surface area (Å²) in [6.07, 6.45) is 8.59. The summed E-state index contributed by atoms with van der Waals surface area (Å²) in [5.41, 5.74) is 1.01. The lowest BCUT2D eigenvalue weighted by Crippen LogP contribution is -2.50. The molecule has 0 bridgehead atoms. The van der Waals surface area contributed by atoms with Crippen molar-refractivity contribution in [1.29, 1.82) is 0 Å². The van der Waals surface area contributed by atoms with E-state index in [1.807, 2.05) is 0 Å². The van der Waals surface area contributed by atoms with Gasteiger partial charge in [0.2, 0.25) is 0 Å². The molecule has 3 rings (SSSR count). The summed E-state index contributed by atoms with van der Waals surface area (Å²) >= 11 is 0. The minimum atomic E-state index is -1.75. The molecule has 0 aromatic heterocycles. The Bertz CT molecular complexity index is 604. The van der Waals surface area contributed by atoms with E-state index < -0.39 is 8.32 Å². The highest BCUT2D eigenvalue weighted by molar-refractivity contribution is 6.74. The number of ether oxygens (including phenoxy) is 1. The first-order chi connectivity index (χ1) is 12.8. The average Bonchev–Trinajstić information content (AvgIpc) is 3.06. The summed E-state index contributed by atoms with van der Waals surface area (Å²) in [6.45, 7) is 20.6. The van der Waals surface area contributed by atoms with Crippen molar-refractivity contribution in [2.45, 2.75) is 110 Å². The van der Waals surface area contributed by atoms with Gasteiger partial charge in [-0.1, -0.05) is 47.6 Å². The van der Waals surface area contributed by atoms with Crippen molar-refractivity contribution in [3.8, 4) is 0 Å². The summed E-state index contributed by atoms with van der Waals surface area (Å²) in [7, 11) is -1.75. The Morgan fingerprint density at radius 3 is 2.54 bits per heavy atom. The molecule has 1 aliphatic heterocycles. The number of fused-ring (bicyclic) bond motifs is 1. The molecule has 3 fully saturated rings. The summed E-state index contributed by atoms with van der Waals surface area (Å²) < 4.78 is 12.5. The van der Waals surface area contributed by atoms with Gasteiger partial charge in [0.15, 0.2) is 8.32 Å². The van der Waals surface area contributed by atoms with E-state index in [2.05, 4.69) is 54.3 Å². The van der Waals surface area contributed by atoms with Crippen LogP contribution in [0.3, 0.4) is 0 Å². The van der Waals surface area contributed by atoms with E-state index in [0.717, 1.165) is 6.42 Å². The number of hydrogen-bond acceptors (Lipinski definition) is 3. The smallest absolute Gasteiger partial charge is 0.333 e. The van der Waals surface area contributed by atoms with E-state index in [1.165, 1.54) is 32.1 Å². The van der Waals surface area contributed by atoms with E-state index in [1.54, 1.807) is 0 Å². The molecule has 28 heavy (non-hydrogen) atoms. The summed E-state index contributed by atoms with van der Waals surface area (Å²) in [5.74, 6) is 1.78. The van der Waals surface area contributed by atoms with Crippen LogP contribution in [0.15, 0.2) is 12.2 Å². The zero-order valence-corrected chi connectivity index (χ0v) is 20.3. The number of cyclic esters (lactones) is 1. The lowest BCUT2D eigenvalue weighted by Gasteiger charge is -2.50. The van der Waals surface area contributed by atoms with Gasteiger partial charge < -0.3 is 9.16 Å². The molecule has 3 nitrogen and oxygen atoms in total. The van der Waals surface area contributed by atoms with Crippen LogP contribution in [-0.2, 0) is 14.0 Å². The topological polar surface area (TPSA) is 35.5 Å². The van der Waals surface area contributed by atoms with Gasteiger partial charge in [-0.15, -0.1) is 0 Å². The van der Waals surface area contributed by atoms with Crippen LogP contribution in [0.25, 0.3) is 0 Å². The fourth-order valence-corrected chi connectivity index (χ4v) is 7.53. The molecular weight excluding hydrogens is 364 g/mol. The quantitative estimate of drug-likeness (QED) is 0.297. The highest BCUT2D eigenvalue weighted by Gasteiger charge is 2.54. The van der Waals surface area contributed by atoms with Crippen LogP contribution in [-0.4, -0.2) is 26.5 Å². The van der Waals surface area contributed by atoms with Gasteiger partial charge in [-0.2, -0.15) is 0 Å². The highest BCUT2D eigenvalue weighted by Crippen LogP contribution is 2.59. The van der Waals surface area contributed by atoms with Crippen LogP contribution >= 0.6 is 0 Å². The normalized spacial score (nSPS) is 37.7. The van der Waals surface area contributed by atoms with Gasteiger partial charge in [0, 0.05) is 18.1 Å². The molecule has 1 heterocycles. The maximum absolute atomic E-state index is 11.7. The molecule has 0 spiro atoms. The van der Waals surface area contributed by atoms with E-state index in [9.17, 15) is 4.79 Å². The van der Waals surface area contributed by atoms with E-state index in [0.29, 0.717) is 41.3 Å². The molecule has 0 N–H and O–H groups in total. The zero-order chi connectivity index (χ0) is 20.9. The third-order valence-electron chi connectivity index (χ3n) is 8.75. The Labute approximate surface area is 173 Å². The van der Waals surface area contributed by atoms with Crippen LogP contribution in [0.5, 0.6) is 0 Å². The second kappa shape index (κ2) is 7.57. The van der Waals surface area contributed by atoms with Crippen LogP contribution in [0.1, 0.15) is 79.6 Å². The van der Waals surface area contributed by atoms with Crippen molar-refractivity contribution >= 4 is 14.3 Å². The third-order valence-corrected chi connectivity index (χ3v) is 13.3. The van der Waals surface area contributed by atoms with Gasteiger partial charge in [0.05, 0.1) is 0 Å². The van der Waals surface area contributed by atoms with Gasteiger partial charge >= 0.3 is 5.97 Å². The molecule has 1 saturated heterocycles. The van der Waals surface area contributed by atoms with Crippen molar-refractivity contribution < 1.29 is 14.0 Å². The van der Waals surface area contributed by atoms with E-state index >= 15 is 0 Å². The number of rotatable bonds is 5. The molecule has 0 amide bonds. The number of carbonyl (C=O) groups is 1. The zero-order valence-electron chi connectivity index (χ0n) is 19.3. The van der Waals surface area contributed by atoms with E-state index in [4.69, 9.17) is 9.16 Å². The van der Waals surface area contributed by atoms with Crippen molar-refractivity contribution in [2.24, 2.45) is 23.2 Å². The Balaban J connectivity index is 1.69. The molecule has 0 aromatic carbocycles. The molecule has 0 aromatic rings. The highest BCUT2D eigenvalue weighted by atomic mass is 28.4. The molecular formula is C24H42O3Si. The minimum Gasteiger partial charge on any atom is -0.459 e. The molecule has 4 heteroatoms. The molecule has 160 valence electrons. The van der Waals surface area contributed by atoms with Gasteiger partial charge in [-0.3, -0.25) is 0 Å².